The van der Waals surface area contributed by atoms with E-state index in [1.165, 1.54) is 0 Å². The van der Waals surface area contributed by atoms with Gasteiger partial charge in [-0.2, -0.15) is 0 Å². The second-order valence-electron chi connectivity index (χ2n) is 4.00. The highest BCUT2D eigenvalue weighted by molar-refractivity contribution is 5.73. The Morgan fingerprint density at radius 2 is 2.00 bits per heavy atom. The van der Waals surface area contributed by atoms with Gasteiger partial charge in [-0.05, 0) is 43.9 Å². The van der Waals surface area contributed by atoms with Crippen LogP contribution in [0, 0.1) is 6.92 Å². The monoisotopic (exact) mass is 203 g/mol. The molecule has 1 aliphatic rings. The quantitative estimate of drug-likeness (QED) is 0.687. The van der Waals surface area contributed by atoms with Gasteiger partial charge in [-0.3, -0.25) is 0 Å². The smallest absolute Gasteiger partial charge is 0.130 e. The Labute approximate surface area is 90.3 Å². The second kappa shape index (κ2) is 4.05. The summed E-state index contributed by atoms with van der Waals surface area (Å²) in [4.78, 5) is 10.9. The molecular weight excluding hydrogens is 188 g/mol. The van der Waals surface area contributed by atoms with Crippen LogP contribution in [0.1, 0.15) is 24.8 Å². The molecule has 79 valence electrons. The Morgan fingerprint density at radius 3 is 2.47 bits per heavy atom. The molecule has 0 bridgehead atoms. The maximum Gasteiger partial charge on any atom is 0.130 e. The zero-order chi connectivity index (χ0) is 10.7. The number of carbonyl (C=O) groups is 1. The molecule has 1 saturated carbocycles. The summed E-state index contributed by atoms with van der Waals surface area (Å²) in [7, 11) is 0. The van der Waals surface area contributed by atoms with Gasteiger partial charge in [0.25, 0.3) is 0 Å². The summed E-state index contributed by atoms with van der Waals surface area (Å²) < 4.78 is 5.43. The minimum Gasteiger partial charge on any atom is -0.494 e. The van der Waals surface area contributed by atoms with E-state index in [4.69, 9.17) is 4.74 Å². The van der Waals surface area contributed by atoms with Crippen LogP contribution in [0.4, 0.5) is 0 Å². The molecule has 0 spiro atoms. The lowest BCUT2D eigenvalue weighted by molar-refractivity contribution is -0.109. The number of ether oxygens (including phenoxy) is 1. The highest BCUT2D eigenvalue weighted by Crippen LogP contribution is 2.46. The van der Waals surface area contributed by atoms with Gasteiger partial charge in [0.1, 0.15) is 12.0 Å². The van der Waals surface area contributed by atoms with Crippen LogP contribution >= 0.6 is 0 Å². The van der Waals surface area contributed by atoms with Gasteiger partial charge in [-0.15, -0.1) is 0 Å². The molecule has 0 aromatic heterocycles. The van der Waals surface area contributed by atoms with E-state index < -0.39 is 0 Å². The molecule has 1 aliphatic carbocycles. The Bertz CT molecular complexity index is 336. The Kier molecular flexibility index (Phi) is 2.76. The molecule has 2 heteroatoms. The molecule has 0 aliphatic heterocycles. The number of carbonyl (C=O) groups excluding carboxylic acids is 1. The van der Waals surface area contributed by atoms with Crippen molar-refractivity contribution < 1.29 is 9.53 Å². The van der Waals surface area contributed by atoms with Crippen molar-refractivity contribution in [3.63, 3.8) is 0 Å². The van der Waals surface area contributed by atoms with Crippen LogP contribution in [-0.4, -0.2) is 12.9 Å². The number of hydrogen-bond acceptors (Lipinski definition) is 2. The summed E-state index contributed by atoms with van der Waals surface area (Å²) in [5, 5.41) is 0. The van der Waals surface area contributed by atoms with Crippen LogP contribution in [-0.2, 0) is 10.2 Å². The van der Waals surface area contributed by atoms with Gasteiger partial charge in [-0.1, -0.05) is 12.1 Å². The van der Waals surface area contributed by atoms with Crippen molar-refractivity contribution in [2.75, 3.05) is 6.61 Å². The first-order valence-electron chi connectivity index (χ1n) is 5.30. The van der Waals surface area contributed by atoms with E-state index in [9.17, 15) is 4.79 Å². The van der Waals surface area contributed by atoms with E-state index in [0.29, 0.717) is 6.61 Å². The minimum atomic E-state index is -0.176. The fraction of sp³-hybridized carbons (Fsp3) is 0.385. The predicted molar refractivity (Wildman–Crippen MR) is 58.9 cm³/mol. The van der Waals surface area contributed by atoms with Crippen molar-refractivity contribution in [1.29, 1.82) is 0 Å². The maximum atomic E-state index is 10.9. The Hall–Kier alpha value is -1.31. The number of rotatable bonds is 5. The maximum absolute atomic E-state index is 10.9. The largest absolute Gasteiger partial charge is 0.494 e. The van der Waals surface area contributed by atoms with Gasteiger partial charge in [-0.25, -0.2) is 0 Å². The first-order valence-corrected chi connectivity index (χ1v) is 5.30. The van der Waals surface area contributed by atoms with Gasteiger partial charge in [0, 0.05) is 0 Å². The SMILES string of the molecule is [CH2]CCOc1ccc(C2(C=O)CC2)cc1. The zero-order valence-electron chi connectivity index (χ0n) is 8.74. The van der Waals surface area contributed by atoms with E-state index in [1.807, 2.05) is 24.3 Å². The molecule has 2 rings (SSSR count). The molecule has 15 heavy (non-hydrogen) atoms. The van der Waals surface area contributed by atoms with E-state index >= 15 is 0 Å². The Morgan fingerprint density at radius 1 is 1.33 bits per heavy atom. The van der Waals surface area contributed by atoms with Crippen LogP contribution < -0.4 is 4.74 Å². The van der Waals surface area contributed by atoms with Gasteiger partial charge in [0.2, 0.25) is 0 Å². The number of hydrogen-bond donors (Lipinski definition) is 0. The molecule has 2 nitrogen and oxygen atoms in total. The van der Waals surface area contributed by atoms with E-state index in [-0.39, 0.29) is 5.41 Å². The first kappa shape index (κ1) is 10.2. The van der Waals surface area contributed by atoms with Crippen molar-refractivity contribution in [3.05, 3.63) is 36.8 Å². The minimum absolute atomic E-state index is 0.176. The van der Waals surface area contributed by atoms with E-state index in [0.717, 1.165) is 36.9 Å². The lowest BCUT2D eigenvalue weighted by atomic mass is 9.98. The fourth-order valence-corrected chi connectivity index (χ4v) is 1.68. The van der Waals surface area contributed by atoms with Crippen LogP contribution in [0.2, 0.25) is 0 Å². The molecular formula is C13H15O2. The second-order valence-corrected chi connectivity index (χ2v) is 4.00. The van der Waals surface area contributed by atoms with Gasteiger partial charge >= 0.3 is 0 Å². The van der Waals surface area contributed by atoms with Crippen molar-refractivity contribution in [2.45, 2.75) is 24.7 Å². The molecule has 1 aromatic rings. The molecule has 1 aromatic carbocycles. The summed E-state index contributed by atoms with van der Waals surface area (Å²) in [6.07, 6.45) is 3.80. The normalized spacial score (nSPS) is 17.1. The van der Waals surface area contributed by atoms with E-state index in [2.05, 4.69) is 6.92 Å². The Balaban J connectivity index is 2.07. The summed E-state index contributed by atoms with van der Waals surface area (Å²) in [5.74, 6) is 0.851. The van der Waals surface area contributed by atoms with Crippen molar-refractivity contribution >= 4 is 6.29 Å². The first-order chi connectivity index (χ1) is 7.30. The fourth-order valence-electron chi connectivity index (χ4n) is 1.68. The average molecular weight is 203 g/mol. The van der Waals surface area contributed by atoms with Crippen LogP contribution in [0.3, 0.4) is 0 Å². The lowest BCUT2D eigenvalue weighted by Crippen LogP contribution is -2.07. The highest BCUT2D eigenvalue weighted by atomic mass is 16.5. The lowest BCUT2D eigenvalue weighted by Gasteiger charge is -2.09. The standard InChI is InChI=1S/C13H15O2/c1-2-9-15-12-5-3-11(4-6-12)13(10-14)7-8-13/h3-6,10H,1-2,7-9H2. The van der Waals surface area contributed by atoms with Crippen LogP contribution in [0.15, 0.2) is 24.3 Å². The van der Waals surface area contributed by atoms with Crippen LogP contribution in [0.25, 0.3) is 0 Å². The highest BCUT2D eigenvalue weighted by Gasteiger charge is 2.44. The summed E-state index contributed by atoms with van der Waals surface area (Å²) >= 11 is 0. The average Bonchev–Trinajstić information content (AvgIpc) is 3.08. The number of aldehydes is 1. The molecule has 0 atom stereocenters. The zero-order valence-corrected chi connectivity index (χ0v) is 8.74. The van der Waals surface area contributed by atoms with Gasteiger partial charge in [0.05, 0.1) is 12.0 Å². The van der Waals surface area contributed by atoms with Gasteiger partial charge in [0.15, 0.2) is 0 Å². The van der Waals surface area contributed by atoms with Crippen molar-refractivity contribution in [3.8, 4) is 5.75 Å². The third kappa shape index (κ3) is 2.04. The summed E-state index contributed by atoms with van der Waals surface area (Å²) in [6.45, 7) is 4.35. The molecule has 1 fully saturated rings. The molecule has 0 unspecified atom stereocenters. The summed E-state index contributed by atoms with van der Waals surface area (Å²) in [6, 6.07) is 7.82. The van der Waals surface area contributed by atoms with Crippen LogP contribution in [0.5, 0.6) is 5.75 Å². The third-order valence-corrected chi connectivity index (χ3v) is 2.86. The number of benzene rings is 1. The summed E-state index contributed by atoms with van der Waals surface area (Å²) in [5.41, 5.74) is 0.935. The molecule has 1 radical (unpaired) electrons. The van der Waals surface area contributed by atoms with Crippen molar-refractivity contribution in [2.24, 2.45) is 0 Å². The van der Waals surface area contributed by atoms with Crippen molar-refractivity contribution in [1.82, 2.24) is 0 Å². The predicted octanol–water partition coefficient (Wildman–Crippen LogP) is 2.52. The third-order valence-electron chi connectivity index (χ3n) is 2.86. The molecule has 0 heterocycles. The van der Waals surface area contributed by atoms with Gasteiger partial charge < -0.3 is 9.53 Å². The van der Waals surface area contributed by atoms with E-state index in [1.54, 1.807) is 0 Å². The molecule has 0 saturated heterocycles. The molecule has 0 amide bonds. The topological polar surface area (TPSA) is 26.3 Å². The molecule has 0 N–H and O–H groups in total.